The largest absolute Gasteiger partial charge is 0.383 e. The van der Waals surface area contributed by atoms with E-state index in [2.05, 4.69) is 15.7 Å². The highest BCUT2D eigenvalue weighted by Gasteiger charge is 2.09. The van der Waals surface area contributed by atoms with Crippen molar-refractivity contribution < 1.29 is 9.13 Å². The Morgan fingerprint density at radius 2 is 2.15 bits per heavy atom. The monoisotopic (exact) mass is 282 g/mol. The molecule has 1 aromatic rings. The van der Waals surface area contributed by atoms with Gasteiger partial charge in [-0.2, -0.15) is 0 Å². The van der Waals surface area contributed by atoms with Gasteiger partial charge in [-0.1, -0.05) is 12.1 Å². The van der Waals surface area contributed by atoms with Gasteiger partial charge in [0.25, 0.3) is 0 Å². The Morgan fingerprint density at radius 3 is 2.70 bits per heavy atom. The Kier molecular flexibility index (Phi) is 6.41. The van der Waals surface area contributed by atoms with E-state index in [1.165, 1.54) is 6.07 Å². The molecule has 0 saturated carbocycles. The molecule has 2 unspecified atom stereocenters. The molecule has 2 atom stereocenters. The van der Waals surface area contributed by atoms with Crippen LogP contribution in [0.2, 0.25) is 0 Å². The van der Waals surface area contributed by atoms with Crippen LogP contribution in [0.4, 0.5) is 4.39 Å². The van der Waals surface area contributed by atoms with Crippen LogP contribution in [0.25, 0.3) is 0 Å². The lowest BCUT2D eigenvalue weighted by molar-refractivity contribution is 0.179. The minimum atomic E-state index is -0.229. The Balaban J connectivity index is 2.80. The highest BCUT2D eigenvalue weighted by molar-refractivity contribution is 5.79. The lowest BCUT2D eigenvalue weighted by Gasteiger charge is -2.17. The molecule has 0 saturated heterocycles. The summed E-state index contributed by atoms with van der Waals surface area (Å²) in [6.45, 7) is 6.10. The first kappa shape index (κ1) is 16.4. The third-order valence-electron chi connectivity index (χ3n) is 2.94. The van der Waals surface area contributed by atoms with E-state index in [4.69, 9.17) is 10.6 Å². The van der Waals surface area contributed by atoms with E-state index in [0.717, 1.165) is 5.56 Å². The van der Waals surface area contributed by atoms with Gasteiger partial charge in [0.15, 0.2) is 0 Å². The number of hydrogen-bond acceptors (Lipinski definition) is 3. The Morgan fingerprint density at radius 1 is 1.45 bits per heavy atom. The molecule has 0 aromatic heterocycles. The highest BCUT2D eigenvalue weighted by atomic mass is 19.1. The molecule has 1 rings (SSSR count). The van der Waals surface area contributed by atoms with Crippen molar-refractivity contribution in [3.8, 4) is 0 Å². The fraction of sp³-hybridized carbons (Fsp3) is 0.500. The van der Waals surface area contributed by atoms with Gasteiger partial charge in [0.1, 0.15) is 5.82 Å². The van der Waals surface area contributed by atoms with Gasteiger partial charge in [0.05, 0.1) is 12.6 Å². The molecule has 5 nitrogen and oxygen atoms in total. The number of benzene rings is 1. The summed E-state index contributed by atoms with van der Waals surface area (Å²) in [6, 6.07) is 4.96. The molecule has 0 aliphatic heterocycles. The van der Waals surface area contributed by atoms with Crippen LogP contribution < -0.4 is 16.6 Å². The van der Waals surface area contributed by atoms with Gasteiger partial charge in [0, 0.05) is 13.2 Å². The van der Waals surface area contributed by atoms with Gasteiger partial charge in [0.2, 0.25) is 5.96 Å². The van der Waals surface area contributed by atoms with Crippen LogP contribution in [0.3, 0.4) is 0 Å². The summed E-state index contributed by atoms with van der Waals surface area (Å²) >= 11 is 0. The molecule has 4 N–H and O–H groups in total. The predicted octanol–water partition coefficient (Wildman–Crippen LogP) is 1.64. The lowest BCUT2D eigenvalue weighted by atomic mass is 10.1. The molecule has 112 valence electrons. The van der Waals surface area contributed by atoms with E-state index >= 15 is 0 Å². The average molecular weight is 282 g/mol. The SMILES string of the molecule is COCC(C)NC(=NC(C)c1ccc(C)c(F)c1)NN. The van der Waals surface area contributed by atoms with Crippen LogP contribution >= 0.6 is 0 Å². The van der Waals surface area contributed by atoms with Gasteiger partial charge in [-0.3, -0.25) is 5.43 Å². The number of methoxy groups -OCH3 is 1. The number of nitrogens with one attached hydrogen (secondary N) is 2. The molecule has 0 heterocycles. The molecule has 0 aliphatic rings. The number of rotatable bonds is 5. The van der Waals surface area contributed by atoms with Crippen LogP contribution in [-0.2, 0) is 4.74 Å². The summed E-state index contributed by atoms with van der Waals surface area (Å²) in [6.07, 6.45) is 0. The summed E-state index contributed by atoms with van der Waals surface area (Å²) in [5, 5.41) is 3.09. The molecule has 0 aliphatic carbocycles. The first-order chi connectivity index (χ1) is 9.47. The summed E-state index contributed by atoms with van der Waals surface area (Å²) in [5.74, 6) is 5.66. The van der Waals surface area contributed by atoms with Crippen LogP contribution in [-0.4, -0.2) is 25.7 Å². The topological polar surface area (TPSA) is 71.7 Å². The maximum Gasteiger partial charge on any atom is 0.206 e. The molecule has 0 radical (unpaired) electrons. The minimum absolute atomic E-state index is 0.0664. The number of guanidine groups is 1. The molecule has 0 fully saturated rings. The van der Waals surface area contributed by atoms with Gasteiger partial charge in [-0.05, 0) is 38.0 Å². The molecule has 6 heteroatoms. The number of nitrogens with two attached hydrogens (primary N) is 1. The van der Waals surface area contributed by atoms with Crippen LogP contribution in [0.15, 0.2) is 23.2 Å². The normalized spacial score (nSPS) is 14.8. The summed E-state index contributed by atoms with van der Waals surface area (Å²) in [7, 11) is 1.63. The first-order valence-corrected chi connectivity index (χ1v) is 6.53. The summed E-state index contributed by atoms with van der Waals surface area (Å²) < 4.78 is 18.6. The third-order valence-corrected chi connectivity index (χ3v) is 2.94. The number of aryl methyl sites for hydroxylation is 1. The number of nitrogens with zero attached hydrogens (tertiary/aromatic N) is 1. The molecule has 0 bridgehead atoms. The van der Waals surface area contributed by atoms with E-state index in [1.54, 1.807) is 20.1 Å². The van der Waals surface area contributed by atoms with Gasteiger partial charge in [-0.15, -0.1) is 0 Å². The molecule has 20 heavy (non-hydrogen) atoms. The van der Waals surface area contributed by atoms with Crippen LogP contribution in [0, 0.1) is 12.7 Å². The Labute approximate surface area is 119 Å². The van der Waals surface area contributed by atoms with Gasteiger partial charge >= 0.3 is 0 Å². The van der Waals surface area contributed by atoms with Gasteiger partial charge < -0.3 is 10.1 Å². The molecule has 0 spiro atoms. The van der Waals surface area contributed by atoms with E-state index in [9.17, 15) is 4.39 Å². The van der Waals surface area contributed by atoms with E-state index in [0.29, 0.717) is 18.1 Å². The van der Waals surface area contributed by atoms with E-state index in [-0.39, 0.29) is 17.9 Å². The number of halogens is 1. The predicted molar refractivity (Wildman–Crippen MR) is 78.8 cm³/mol. The van der Waals surface area contributed by atoms with E-state index < -0.39 is 0 Å². The van der Waals surface area contributed by atoms with Crippen molar-refractivity contribution in [1.29, 1.82) is 0 Å². The molecular formula is C14H23FN4O. The Hall–Kier alpha value is -1.66. The maximum atomic E-state index is 13.5. The lowest BCUT2D eigenvalue weighted by Crippen LogP contribution is -2.47. The number of hydrazine groups is 1. The fourth-order valence-electron chi connectivity index (χ4n) is 1.78. The average Bonchev–Trinajstić information content (AvgIpc) is 2.41. The minimum Gasteiger partial charge on any atom is -0.383 e. The number of aliphatic imine (C=N–C) groups is 1. The second kappa shape index (κ2) is 7.81. The van der Waals surface area contributed by atoms with Crippen LogP contribution in [0.5, 0.6) is 0 Å². The van der Waals surface area contributed by atoms with Crippen molar-refractivity contribution in [2.45, 2.75) is 32.9 Å². The van der Waals surface area contributed by atoms with E-state index in [1.807, 2.05) is 19.9 Å². The second-order valence-electron chi connectivity index (χ2n) is 4.81. The van der Waals surface area contributed by atoms with Crippen molar-refractivity contribution >= 4 is 5.96 Å². The standard InChI is InChI=1S/C14H23FN4O/c1-9-5-6-12(7-13(9)15)11(3)18-14(19-16)17-10(2)8-20-4/h5-7,10-11H,8,16H2,1-4H3,(H2,17,18,19). The van der Waals surface area contributed by atoms with Crippen molar-refractivity contribution in [2.24, 2.45) is 10.8 Å². The fourth-order valence-corrected chi connectivity index (χ4v) is 1.78. The van der Waals surface area contributed by atoms with Crippen molar-refractivity contribution in [3.63, 3.8) is 0 Å². The van der Waals surface area contributed by atoms with Crippen molar-refractivity contribution in [3.05, 3.63) is 35.1 Å². The highest BCUT2D eigenvalue weighted by Crippen LogP contribution is 2.19. The summed E-state index contributed by atoms with van der Waals surface area (Å²) in [4.78, 5) is 4.41. The Bertz CT molecular complexity index is 464. The first-order valence-electron chi connectivity index (χ1n) is 6.53. The molecular weight excluding hydrogens is 259 g/mol. The zero-order chi connectivity index (χ0) is 15.1. The smallest absolute Gasteiger partial charge is 0.206 e. The van der Waals surface area contributed by atoms with Crippen LogP contribution in [0.1, 0.15) is 31.0 Å². The van der Waals surface area contributed by atoms with Crippen molar-refractivity contribution in [2.75, 3.05) is 13.7 Å². The van der Waals surface area contributed by atoms with Crippen molar-refractivity contribution in [1.82, 2.24) is 10.7 Å². The molecule has 0 amide bonds. The second-order valence-corrected chi connectivity index (χ2v) is 4.81. The maximum absolute atomic E-state index is 13.5. The third kappa shape index (κ3) is 4.79. The quantitative estimate of drug-likeness (QED) is 0.332. The zero-order valence-electron chi connectivity index (χ0n) is 12.4. The summed E-state index contributed by atoms with van der Waals surface area (Å²) in [5.41, 5.74) is 3.92. The zero-order valence-corrected chi connectivity index (χ0v) is 12.4. The van der Waals surface area contributed by atoms with Gasteiger partial charge in [-0.25, -0.2) is 15.2 Å². The number of ether oxygens (including phenoxy) is 1. The number of hydrogen-bond donors (Lipinski definition) is 3. The molecule has 1 aromatic carbocycles.